The lowest BCUT2D eigenvalue weighted by molar-refractivity contribution is -0.113. The Morgan fingerprint density at radius 3 is 2.47 bits per heavy atom. The molecular formula is C25H21BrN2O2S2. The summed E-state index contributed by atoms with van der Waals surface area (Å²) in [6, 6.07) is 23.5. The molecule has 0 aromatic heterocycles. The highest BCUT2D eigenvalue weighted by Crippen LogP contribution is 2.38. The Kier molecular flexibility index (Phi) is 6.98. The minimum absolute atomic E-state index is 0.133. The Bertz CT molecular complexity index is 1180. The first-order valence-electron chi connectivity index (χ1n) is 9.94. The van der Waals surface area contributed by atoms with E-state index >= 15 is 0 Å². The average molecular weight is 525 g/mol. The summed E-state index contributed by atoms with van der Waals surface area (Å²) in [5.74, 6) is 0.573. The van der Waals surface area contributed by atoms with Crippen LogP contribution in [0.1, 0.15) is 11.1 Å². The number of carbonyl (C=O) groups excluding carboxylic acids is 1. The van der Waals surface area contributed by atoms with Gasteiger partial charge in [-0.3, -0.25) is 9.69 Å². The zero-order chi connectivity index (χ0) is 22.7. The second-order valence-corrected chi connectivity index (χ2v) is 9.98. The Labute approximate surface area is 206 Å². The third kappa shape index (κ3) is 5.06. The molecule has 3 aromatic carbocycles. The van der Waals surface area contributed by atoms with Crippen LogP contribution in [0.3, 0.4) is 0 Å². The van der Waals surface area contributed by atoms with E-state index in [1.165, 1.54) is 11.8 Å². The highest BCUT2D eigenvalue weighted by molar-refractivity contribution is 9.10. The Morgan fingerprint density at radius 1 is 1.06 bits per heavy atom. The fourth-order valence-corrected chi connectivity index (χ4v) is 4.90. The Balaban J connectivity index is 1.59. The van der Waals surface area contributed by atoms with Crippen LogP contribution in [0.2, 0.25) is 0 Å². The highest BCUT2D eigenvalue weighted by Gasteiger charge is 2.33. The molecule has 7 heteroatoms. The van der Waals surface area contributed by atoms with Gasteiger partial charge in [0.05, 0.1) is 10.6 Å². The molecule has 32 heavy (non-hydrogen) atoms. The molecule has 0 spiro atoms. The number of thiocarbonyl (C=S) groups is 1. The summed E-state index contributed by atoms with van der Waals surface area (Å²) >= 11 is 10.3. The van der Waals surface area contributed by atoms with Gasteiger partial charge < -0.3 is 9.64 Å². The monoisotopic (exact) mass is 524 g/mol. The Hall–Kier alpha value is -2.61. The van der Waals surface area contributed by atoms with Gasteiger partial charge in [0.2, 0.25) is 0 Å². The molecule has 1 fully saturated rings. The van der Waals surface area contributed by atoms with Crippen molar-refractivity contribution in [2.75, 3.05) is 23.9 Å². The molecule has 1 saturated heterocycles. The lowest BCUT2D eigenvalue weighted by Gasteiger charge is -2.17. The van der Waals surface area contributed by atoms with Gasteiger partial charge in [-0.25, -0.2) is 0 Å². The molecular weight excluding hydrogens is 504 g/mol. The van der Waals surface area contributed by atoms with Crippen molar-refractivity contribution in [2.45, 2.75) is 6.61 Å². The first-order valence-corrected chi connectivity index (χ1v) is 12.0. The van der Waals surface area contributed by atoms with Gasteiger partial charge >= 0.3 is 0 Å². The maximum atomic E-state index is 13.2. The van der Waals surface area contributed by atoms with Crippen LogP contribution < -0.4 is 14.5 Å². The summed E-state index contributed by atoms with van der Waals surface area (Å²) in [6.07, 6.45) is 1.85. The number of nitrogens with zero attached hydrogens (tertiary/aromatic N) is 2. The van der Waals surface area contributed by atoms with E-state index < -0.39 is 0 Å². The first kappa shape index (κ1) is 22.6. The van der Waals surface area contributed by atoms with Gasteiger partial charge in [-0.15, -0.1) is 0 Å². The molecule has 0 bridgehead atoms. The maximum absolute atomic E-state index is 13.2. The van der Waals surface area contributed by atoms with E-state index in [9.17, 15) is 4.79 Å². The SMILES string of the molecule is CN(C)c1ccc(N2C(=O)/C(=C/c3cc(Br)ccc3OCc3ccccc3)SC2=S)cc1. The number of hydrogen-bond acceptors (Lipinski definition) is 5. The van der Waals surface area contributed by atoms with E-state index in [2.05, 4.69) is 15.9 Å². The number of benzene rings is 3. The van der Waals surface area contributed by atoms with Crippen molar-refractivity contribution in [2.24, 2.45) is 0 Å². The third-order valence-corrected chi connectivity index (χ3v) is 6.71. The predicted octanol–water partition coefficient (Wildman–Crippen LogP) is 6.50. The van der Waals surface area contributed by atoms with E-state index in [0.29, 0.717) is 21.6 Å². The van der Waals surface area contributed by atoms with Crippen LogP contribution in [0.15, 0.2) is 82.2 Å². The van der Waals surface area contributed by atoms with Crippen LogP contribution in [0, 0.1) is 0 Å². The second kappa shape index (κ2) is 9.90. The maximum Gasteiger partial charge on any atom is 0.270 e. The standard InChI is InChI=1S/C25H21BrN2O2S2/c1-27(2)20-9-11-21(12-10-20)28-24(29)23(32-25(28)31)15-18-14-19(26)8-13-22(18)30-16-17-6-4-3-5-7-17/h3-15H,16H2,1-2H3/b23-15-. The fraction of sp³-hybridized carbons (Fsp3) is 0.120. The van der Waals surface area contributed by atoms with Crippen molar-refractivity contribution in [1.29, 1.82) is 0 Å². The summed E-state index contributed by atoms with van der Waals surface area (Å²) in [6.45, 7) is 0.447. The number of halogens is 1. The van der Waals surface area contributed by atoms with E-state index in [-0.39, 0.29) is 5.91 Å². The number of rotatable bonds is 6. The lowest BCUT2D eigenvalue weighted by atomic mass is 10.1. The molecule has 3 aromatic rings. The van der Waals surface area contributed by atoms with Gasteiger partial charge in [0.15, 0.2) is 4.32 Å². The molecule has 162 valence electrons. The van der Waals surface area contributed by atoms with Gasteiger partial charge in [-0.1, -0.05) is 70.2 Å². The summed E-state index contributed by atoms with van der Waals surface area (Å²) < 4.78 is 7.48. The molecule has 0 atom stereocenters. The van der Waals surface area contributed by atoms with Gasteiger partial charge in [0, 0.05) is 29.8 Å². The molecule has 1 aliphatic rings. The minimum atomic E-state index is -0.133. The van der Waals surface area contributed by atoms with Crippen LogP contribution in [0.4, 0.5) is 11.4 Å². The number of anilines is 2. The summed E-state index contributed by atoms with van der Waals surface area (Å²) in [4.78, 5) is 17.4. The molecule has 0 aliphatic carbocycles. The first-order chi connectivity index (χ1) is 15.4. The van der Waals surface area contributed by atoms with Crippen LogP contribution in [-0.4, -0.2) is 24.3 Å². The molecule has 0 unspecified atom stereocenters. The number of carbonyl (C=O) groups is 1. The normalized spacial score (nSPS) is 14.8. The van der Waals surface area contributed by atoms with Crippen molar-refractivity contribution >= 4 is 67.6 Å². The summed E-state index contributed by atoms with van der Waals surface area (Å²) in [7, 11) is 3.96. The van der Waals surface area contributed by atoms with Crippen LogP contribution in [0.25, 0.3) is 6.08 Å². The van der Waals surface area contributed by atoms with E-state index in [4.69, 9.17) is 17.0 Å². The van der Waals surface area contributed by atoms with Crippen molar-refractivity contribution in [3.8, 4) is 5.75 Å². The van der Waals surface area contributed by atoms with E-state index in [1.807, 2.05) is 97.9 Å². The van der Waals surface area contributed by atoms with Crippen LogP contribution in [-0.2, 0) is 11.4 Å². The lowest BCUT2D eigenvalue weighted by Crippen LogP contribution is -2.27. The minimum Gasteiger partial charge on any atom is -0.488 e. The largest absolute Gasteiger partial charge is 0.488 e. The Morgan fingerprint density at radius 2 is 1.78 bits per heavy atom. The smallest absolute Gasteiger partial charge is 0.270 e. The fourth-order valence-electron chi connectivity index (χ4n) is 3.23. The summed E-state index contributed by atoms with van der Waals surface area (Å²) in [5, 5.41) is 0. The van der Waals surface area contributed by atoms with Gasteiger partial charge in [-0.05, 0) is 54.1 Å². The van der Waals surface area contributed by atoms with Gasteiger partial charge in [0.1, 0.15) is 12.4 Å². The van der Waals surface area contributed by atoms with Crippen LogP contribution in [0.5, 0.6) is 5.75 Å². The number of hydrogen-bond donors (Lipinski definition) is 0. The zero-order valence-electron chi connectivity index (χ0n) is 17.6. The average Bonchev–Trinajstić information content (AvgIpc) is 3.06. The number of ether oxygens (including phenoxy) is 1. The molecule has 4 rings (SSSR count). The van der Waals surface area contributed by atoms with Crippen molar-refractivity contribution in [3.63, 3.8) is 0 Å². The second-order valence-electron chi connectivity index (χ2n) is 7.38. The molecule has 4 nitrogen and oxygen atoms in total. The molecule has 1 heterocycles. The molecule has 0 saturated carbocycles. The zero-order valence-corrected chi connectivity index (χ0v) is 20.8. The van der Waals surface area contributed by atoms with Crippen molar-refractivity contribution in [1.82, 2.24) is 0 Å². The van der Waals surface area contributed by atoms with Gasteiger partial charge in [0.25, 0.3) is 5.91 Å². The third-order valence-electron chi connectivity index (χ3n) is 4.91. The van der Waals surface area contributed by atoms with E-state index in [0.717, 1.165) is 27.0 Å². The van der Waals surface area contributed by atoms with Crippen molar-refractivity contribution in [3.05, 3.63) is 93.3 Å². The quantitative estimate of drug-likeness (QED) is 0.271. The highest BCUT2D eigenvalue weighted by atomic mass is 79.9. The molecule has 1 amide bonds. The number of thioether (sulfide) groups is 1. The molecule has 1 aliphatic heterocycles. The predicted molar refractivity (Wildman–Crippen MR) is 141 cm³/mol. The van der Waals surface area contributed by atoms with Crippen molar-refractivity contribution < 1.29 is 9.53 Å². The van der Waals surface area contributed by atoms with Crippen LogP contribution >= 0.6 is 39.9 Å². The summed E-state index contributed by atoms with van der Waals surface area (Å²) in [5.41, 5.74) is 3.72. The topological polar surface area (TPSA) is 32.8 Å². The molecule has 0 radical (unpaired) electrons. The van der Waals surface area contributed by atoms with E-state index in [1.54, 1.807) is 4.90 Å². The van der Waals surface area contributed by atoms with Gasteiger partial charge in [-0.2, -0.15) is 0 Å². The molecule has 0 N–H and O–H groups in total. The number of amides is 1.